The maximum absolute atomic E-state index is 13.7. The Bertz CT molecular complexity index is 1480. The zero-order chi connectivity index (χ0) is 34.6. The minimum atomic E-state index is -0.623. The molecule has 3 aromatic rings. The van der Waals surface area contributed by atoms with Crippen LogP contribution in [0.25, 0.3) is 0 Å². The van der Waals surface area contributed by atoms with E-state index in [9.17, 15) is 14.4 Å². The molecule has 4 amide bonds. The molecular formula is C37H51N5O4S. The number of allylic oxidation sites excluding steroid dienone is 1. The van der Waals surface area contributed by atoms with Crippen molar-refractivity contribution >= 4 is 29.4 Å². The van der Waals surface area contributed by atoms with Crippen molar-refractivity contribution < 1.29 is 19.1 Å². The lowest BCUT2D eigenvalue weighted by Gasteiger charge is -2.26. The maximum atomic E-state index is 13.7. The Morgan fingerprint density at radius 3 is 1.87 bits per heavy atom. The molecule has 1 aromatic heterocycles. The van der Waals surface area contributed by atoms with Crippen molar-refractivity contribution in [1.82, 2.24) is 25.8 Å². The Morgan fingerprint density at radius 2 is 1.40 bits per heavy atom. The monoisotopic (exact) mass is 661 g/mol. The third kappa shape index (κ3) is 13.2. The van der Waals surface area contributed by atoms with Crippen molar-refractivity contribution in [3.63, 3.8) is 0 Å². The second-order valence-electron chi connectivity index (χ2n) is 13.5. The minimum absolute atomic E-state index is 0.216. The van der Waals surface area contributed by atoms with E-state index in [1.165, 1.54) is 4.90 Å². The van der Waals surface area contributed by atoms with Crippen LogP contribution in [0.4, 0.5) is 9.59 Å². The van der Waals surface area contributed by atoms with Crippen LogP contribution in [0.1, 0.15) is 89.1 Å². The molecular weight excluding hydrogens is 611 g/mol. The molecule has 0 saturated heterocycles. The fourth-order valence-corrected chi connectivity index (χ4v) is 5.79. The van der Waals surface area contributed by atoms with Crippen molar-refractivity contribution in [2.45, 2.75) is 104 Å². The van der Waals surface area contributed by atoms with Crippen LogP contribution in [-0.2, 0) is 28.9 Å². The van der Waals surface area contributed by atoms with Gasteiger partial charge in [0.25, 0.3) is 5.91 Å². The van der Waals surface area contributed by atoms with Gasteiger partial charge in [-0.1, -0.05) is 74.5 Å². The summed E-state index contributed by atoms with van der Waals surface area (Å²) >= 11 is 1.58. The third-order valence-electron chi connectivity index (χ3n) is 7.34. The van der Waals surface area contributed by atoms with Gasteiger partial charge in [0.1, 0.15) is 11.3 Å². The van der Waals surface area contributed by atoms with E-state index in [0.29, 0.717) is 43.7 Å². The molecule has 0 aliphatic rings. The number of alkyl carbamates (subject to hydrolysis) is 1. The number of hydrogen-bond acceptors (Lipinski definition) is 6. The van der Waals surface area contributed by atoms with Gasteiger partial charge in [0.05, 0.1) is 17.2 Å². The van der Waals surface area contributed by atoms with Crippen molar-refractivity contribution in [1.29, 1.82) is 0 Å². The van der Waals surface area contributed by atoms with Crippen molar-refractivity contribution in [2.24, 2.45) is 0 Å². The summed E-state index contributed by atoms with van der Waals surface area (Å²) in [7, 11) is 1.69. The molecule has 9 nitrogen and oxygen atoms in total. The number of nitrogens with one attached hydrogen (secondary N) is 3. The molecule has 1 heterocycles. The number of hydrogen-bond donors (Lipinski definition) is 3. The Morgan fingerprint density at radius 1 is 0.872 bits per heavy atom. The van der Waals surface area contributed by atoms with E-state index in [1.807, 2.05) is 86.8 Å². The van der Waals surface area contributed by atoms with E-state index in [0.717, 1.165) is 21.8 Å². The number of rotatable bonds is 14. The van der Waals surface area contributed by atoms with Crippen LogP contribution in [0.5, 0.6) is 0 Å². The molecule has 2 aromatic carbocycles. The summed E-state index contributed by atoms with van der Waals surface area (Å²) in [6, 6.07) is 19.1. The number of urea groups is 1. The molecule has 254 valence electrons. The van der Waals surface area contributed by atoms with E-state index in [-0.39, 0.29) is 29.7 Å². The molecule has 0 unspecified atom stereocenters. The molecule has 10 heteroatoms. The van der Waals surface area contributed by atoms with Crippen LogP contribution in [0.15, 0.2) is 77.3 Å². The average molecular weight is 662 g/mol. The largest absolute Gasteiger partial charge is 0.444 e. The number of thiazole rings is 1. The quantitative estimate of drug-likeness (QED) is 0.157. The van der Waals surface area contributed by atoms with Gasteiger partial charge >= 0.3 is 12.1 Å². The van der Waals surface area contributed by atoms with Crippen LogP contribution in [0.3, 0.4) is 0 Å². The SMILES string of the molecule is CC(C)=C(NC(=O)N(C)Cc1csc(C(C)C)n1)C(=O)N[C@H](CC[C@H](Cc1ccccc1)NC(=O)OC(C)(C)C)Cc1ccccc1. The summed E-state index contributed by atoms with van der Waals surface area (Å²) in [5.74, 6) is -0.0393. The molecule has 47 heavy (non-hydrogen) atoms. The standard InChI is InChI=1S/C37H51N5O4S/c1-25(2)32(41-35(44)42(8)23-31-24-47-34(39-31)26(3)4)33(43)38-29(21-27-15-11-9-12-16-27)19-20-30(22-28-17-13-10-14-18-28)40-36(45)46-37(5,6)7/h9-18,24,26,29-30H,19-23H2,1-8H3,(H,38,43)(H,40,45)(H,41,44)/t29-,30-/m1/s1. The van der Waals surface area contributed by atoms with E-state index >= 15 is 0 Å². The number of amides is 4. The highest BCUT2D eigenvalue weighted by atomic mass is 32.1. The summed E-state index contributed by atoms with van der Waals surface area (Å²) in [6.07, 6.45) is 1.91. The number of aromatic nitrogens is 1. The predicted molar refractivity (Wildman–Crippen MR) is 189 cm³/mol. The third-order valence-corrected chi connectivity index (χ3v) is 8.53. The van der Waals surface area contributed by atoms with E-state index < -0.39 is 11.7 Å². The van der Waals surface area contributed by atoms with Gasteiger partial charge < -0.3 is 25.6 Å². The Labute approximate surface area is 284 Å². The molecule has 2 atom stereocenters. The lowest BCUT2D eigenvalue weighted by Crippen LogP contribution is -2.45. The highest BCUT2D eigenvalue weighted by Gasteiger charge is 2.24. The molecule has 3 N–H and O–H groups in total. The van der Waals surface area contributed by atoms with Gasteiger partial charge in [-0.2, -0.15) is 0 Å². The summed E-state index contributed by atoms with van der Waals surface area (Å²) in [4.78, 5) is 45.9. The molecule has 0 saturated carbocycles. The van der Waals surface area contributed by atoms with Gasteiger partial charge in [-0.05, 0) is 77.0 Å². The second-order valence-corrected chi connectivity index (χ2v) is 14.4. The molecule has 0 bridgehead atoms. The first-order chi connectivity index (χ1) is 22.2. The second kappa shape index (κ2) is 17.7. The minimum Gasteiger partial charge on any atom is -0.444 e. The van der Waals surface area contributed by atoms with Gasteiger partial charge in [0.15, 0.2) is 0 Å². The Kier molecular flexibility index (Phi) is 14.0. The van der Waals surface area contributed by atoms with Gasteiger partial charge in [0, 0.05) is 30.4 Å². The van der Waals surface area contributed by atoms with E-state index in [1.54, 1.807) is 32.2 Å². The Hall–Kier alpha value is -4.18. The average Bonchev–Trinajstić information content (AvgIpc) is 3.47. The lowest BCUT2D eigenvalue weighted by molar-refractivity contribution is -0.118. The van der Waals surface area contributed by atoms with E-state index in [2.05, 4.69) is 34.8 Å². The zero-order valence-electron chi connectivity index (χ0n) is 29.1. The topological polar surface area (TPSA) is 113 Å². The number of nitrogens with zero attached hydrogens (tertiary/aromatic N) is 2. The van der Waals surface area contributed by atoms with Gasteiger partial charge in [0.2, 0.25) is 0 Å². The summed E-state index contributed by atoms with van der Waals surface area (Å²) < 4.78 is 5.56. The van der Waals surface area contributed by atoms with E-state index in [4.69, 9.17) is 4.74 Å². The lowest BCUT2D eigenvalue weighted by atomic mass is 9.96. The molecule has 3 rings (SSSR count). The van der Waals surface area contributed by atoms with Crippen molar-refractivity contribution in [3.8, 4) is 0 Å². The molecule has 0 radical (unpaired) electrons. The number of ether oxygens (including phenoxy) is 1. The van der Waals surface area contributed by atoms with Crippen LogP contribution in [-0.4, -0.2) is 52.6 Å². The van der Waals surface area contributed by atoms with Gasteiger partial charge in [-0.15, -0.1) is 11.3 Å². The highest BCUT2D eigenvalue weighted by molar-refractivity contribution is 7.09. The number of benzene rings is 2. The first-order valence-corrected chi connectivity index (χ1v) is 17.1. The molecule has 0 fully saturated rings. The first-order valence-electron chi connectivity index (χ1n) is 16.2. The molecule has 0 aliphatic heterocycles. The highest BCUT2D eigenvalue weighted by Crippen LogP contribution is 2.20. The van der Waals surface area contributed by atoms with Crippen LogP contribution < -0.4 is 16.0 Å². The smallest absolute Gasteiger partial charge is 0.407 e. The fraction of sp³-hybridized carbons (Fsp3) is 0.459. The maximum Gasteiger partial charge on any atom is 0.407 e. The summed E-state index contributed by atoms with van der Waals surface area (Å²) in [6.45, 7) is 13.6. The van der Waals surface area contributed by atoms with Gasteiger partial charge in [-0.3, -0.25) is 4.79 Å². The van der Waals surface area contributed by atoms with Crippen LogP contribution >= 0.6 is 11.3 Å². The van der Waals surface area contributed by atoms with Crippen molar-refractivity contribution in [2.75, 3.05) is 7.05 Å². The zero-order valence-corrected chi connectivity index (χ0v) is 29.9. The summed E-state index contributed by atoms with van der Waals surface area (Å²) in [5.41, 5.74) is 3.26. The predicted octanol–water partition coefficient (Wildman–Crippen LogP) is 7.35. The molecule has 0 aliphatic carbocycles. The van der Waals surface area contributed by atoms with Crippen LogP contribution in [0, 0.1) is 0 Å². The normalized spacial score (nSPS) is 12.5. The summed E-state index contributed by atoms with van der Waals surface area (Å²) in [5, 5.41) is 12.1. The van der Waals surface area contributed by atoms with Crippen LogP contribution in [0.2, 0.25) is 0 Å². The van der Waals surface area contributed by atoms with Crippen molar-refractivity contribution in [3.05, 3.63) is 99.1 Å². The number of carbonyl (C=O) groups is 3. The molecule has 0 spiro atoms. The fourth-order valence-electron chi connectivity index (χ4n) is 4.97. The number of carbonyl (C=O) groups excluding carboxylic acids is 3. The van der Waals surface area contributed by atoms with Gasteiger partial charge in [-0.25, -0.2) is 14.6 Å². The Balaban J connectivity index is 1.74. The first kappa shape index (κ1) is 37.3.